The van der Waals surface area contributed by atoms with Gasteiger partial charge in [-0.2, -0.15) is 0 Å². The molecular weight excluding hydrogens is 262 g/mol. The standard InChI is InChI=1S/C11H24ClNO3S/c1-11(2,6-8-16-3)10-13-17(14,15)9-5-4-7-12/h13H,4-10H2,1-3H3. The quantitative estimate of drug-likeness (QED) is 0.493. The molecule has 1 N–H and O–H groups in total. The third-order valence-electron chi connectivity index (χ3n) is 2.55. The summed E-state index contributed by atoms with van der Waals surface area (Å²) in [5.41, 5.74) is -0.0877. The van der Waals surface area contributed by atoms with Crippen molar-refractivity contribution in [3.05, 3.63) is 0 Å². The van der Waals surface area contributed by atoms with Gasteiger partial charge in [0.25, 0.3) is 0 Å². The van der Waals surface area contributed by atoms with Crippen molar-refractivity contribution in [1.29, 1.82) is 0 Å². The molecule has 0 saturated carbocycles. The Bertz CT molecular complexity index is 291. The van der Waals surface area contributed by atoms with Gasteiger partial charge in [0.05, 0.1) is 5.75 Å². The summed E-state index contributed by atoms with van der Waals surface area (Å²) in [6, 6.07) is 0. The highest BCUT2D eigenvalue weighted by Gasteiger charge is 2.20. The number of unbranched alkanes of at least 4 members (excludes halogenated alkanes) is 1. The fourth-order valence-corrected chi connectivity index (χ4v) is 2.76. The van der Waals surface area contributed by atoms with Gasteiger partial charge in [0, 0.05) is 26.1 Å². The lowest BCUT2D eigenvalue weighted by Crippen LogP contribution is -2.36. The highest BCUT2D eigenvalue weighted by Crippen LogP contribution is 2.19. The molecule has 104 valence electrons. The first-order chi connectivity index (χ1) is 7.83. The zero-order chi connectivity index (χ0) is 13.4. The average molecular weight is 286 g/mol. The van der Waals surface area contributed by atoms with E-state index >= 15 is 0 Å². The maximum atomic E-state index is 11.6. The minimum atomic E-state index is -3.16. The Morgan fingerprint density at radius 3 is 2.47 bits per heavy atom. The van der Waals surface area contributed by atoms with Crippen molar-refractivity contribution in [2.75, 3.05) is 31.9 Å². The lowest BCUT2D eigenvalue weighted by atomic mass is 9.90. The van der Waals surface area contributed by atoms with Crippen LogP contribution >= 0.6 is 11.6 Å². The molecule has 0 saturated heterocycles. The van der Waals surface area contributed by atoms with E-state index in [9.17, 15) is 8.42 Å². The van der Waals surface area contributed by atoms with Crippen molar-refractivity contribution in [1.82, 2.24) is 4.72 Å². The monoisotopic (exact) mass is 285 g/mol. The maximum Gasteiger partial charge on any atom is 0.211 e. The zero-order valence-corrected chi connectivity index (χ0v) is 12.5. The molecule has 0 aromatic carbocycles. The van der Waals surface area contributed by atoms with Crippen molar-refractivity contribution in [2.45, 2.75) is 33.1 Å². The Morgan fingerprint density at radius 1 is 1.29 bits per heavy atom. The van der Waals surface area contributed by atoms with E-state index in [1.807, 2.05) is 13.8 Å². The van der Waals surface area contributed by atoms with Gasteiger partial charge in [-0.1, -0.05) is 13.8 Å². The van der Waals surface area contributed by atoms with Crippen molar-refractivity contribution in [3.8, 4) is 0 Å². The first kappa shape index (κ1) is 17.2. The molecule has 0 radical (unpaired) electrons. The van der Waals surface area contributed by atoms with Crippen LogP contribution in [-0.4, -0.2) is 40.3 Å². The van der Waals surface area contributed by atoms with Gasteiger partial charge >= 0.3 is 0 Å². The molecule has 0 aliphatic rings. The molecule has 0 heterocycles. The summed E-state index contributed by atoms with van der Waals surface area (Å²) < 4.78 is 30.9. The molecule has 0 bridgehead atoms. The lowest BCUT2D eigenvalue weighted by Gasteiger charge is -2.24. The summed E-state index contributed by atoms with van der Waals surface area (Å²) in [5, 5.41) is 0. The smallest absolute Gasteiger partial charge is 0.211 e. The van der Waals surface area contributed by atoms with E-state index in [-0.39, 0.29) is 11.2 Å². The van der Waals surface area contributed by atoms with Crippen LogP contribution in [0.3, 0.4) is 0 Å². The van der Waals surface area contributed by atoms with Crippen LogP contribution in [0.1, 0.15) is 33.1 Å². The highest BCUT2D eigenvalue weighted by molar-refractivity contribution is 7.89. The Morgan fingerprint density at radius 2 is 1.94 bits per heavy atom. The van der Waals surface area contributed by atoms with Gasteiger partial charge in [-0.3, -0.25) is 0 Å². The molecule has 0 aliphatic heterocycles. The SMILES string of the molecule is COCCC(C)(C)CNS(=O)(=O)CCCCCl. The first-order valence-corrected chi connectivity index (χ1v) is 8.04. The van der Waals surface area contributed by atoms with Crippen LogP contribution in [0.5, 0.6) is 0 Å². The number of nitrogens with one attached hydrogen (secondary N) is 1. The molecule has 0 atom stereocenters. The summed E-state index contributed by atoms with van der Waals surface area (Å²) in [5.74, 6) is 0.662. The van der Waals surface area contributed by atoms with Gasteiger partial charge in [0.15, 0.2) is 0 Å². The summed E-state index contributed by atoms with van der Waals surface area (Å²) in [4.78, 5) is 0. The summed E-state index contributed by atoms with van der Waals surface area (Å²) in [6.45, 7) is 5.13. The number of rotatable bonds is 10. The van der Waals surface area contributed by atoms with Gasteiger partial charge in [-0.15, -0.1) is 11.6 Å². The number of ether oxygens (including phenoxy) is 1. The fourth-order valence-electron chi connectivity index (χ4n) is 1.23. The first-order valence-electron chi connectivity index (χ1n) is 5.85. The van der Waals surface area contributed by atoms with Crippen molar-refractivity contribution in [3.63, 3.8) is 0 Å². The summed E-state index contributed by atoms with van der Waals surface area (Å²) >= 11 is 5.51. The molecule has 0 aromatic rings. The Hall–Kier alpha value is 0.160. The molecule has 6 heteroatoms. The number of hydrogen-bond donors (Lipinski definition) is 1. The molecule has 0 amide bonds. The highest BCUT2D eigenvalue weighted by atomic mass is 35.5. The summed E-state index contributed by atoms with van der Waals surface area (Å²) in [7, 11) is -1.52. The van der Waals surface area contributed by atoms with Gasteiger partial charge in [-0.05, 0) is 24.7 Å². The zero-order valence-electron chi connectivity index (χ0n) is 11.0. The van der Waals surface area contributed by atoms with Crippen LogP contribution in [0.25, 0.3) is 0 Å². The van der Waals surface area contributed by atoms with Crippen LogP contribution in [0.2, 0.25) is 0 Å². The van der Waals surface area contributed by atoms with Gasteiger partial charge in [0.1, 0.15) is 0 Å². The number of methoxy groups -OCH3 is 1. The Balaban J connectivity index is 3.99. The lowest BCUT2D eigenvalue weighted by molar-refractivity contribution is 0.153. The average Bonchev–Trinajstić information content (AvgIpc) is 2.25. The van der Waals surface area contributed by atoms with Gasteiger partial charge < -0.3 is 4.74 Å². The minimum absolute atomic E-state index is 0.0877. The van der Waals surface area contributed by atoms with E-state index in [1.54, 1.807) is 7.11 Å². The van der Waals surface area contributed by atoms with Crippen LogP contribution in [0, 0.1) is 5.41 Å². The topological polar surface area (TPSA) is 55.4 Å². The van der Waals surface area contributed by atoms with E-state index in [0.717, 1.165) is 12.8 Å². The van der Waals surface area contributed by atoms with Crippen molar-refractivity contribution >= 4 is 21.6 Å². The molecule has 0 aromatic heterocycles. The largest absolute Gasteiger partial charge is 0.385 e. The third kappa shape index (κ3) is 9.83. The van der Waals surface area contributed by atoms with E-state index in [1.165, 1.54) is 0 Å². The van der Waals surface area contributed by atoms with Crippen LogP contribution in [0.4, 0.5) is 0 Å². The number of alkyl halides is 1. The number of sulfonamides is 1. The van der Waals surface area contributed by atoms with E-state index in [4.69, 9.17) is 16.3 Å². The second-order valence-electron chi connectivity index (χ2n) is 4.94. The van der Waals surface area contributed by atoms with E-state index in [0.29, 0.717) is 25.5 Å². The van der Waals surface area contributed by atoms with Crippen molar-refractivity contribution in [2.24, 2.45) is 5.41 Å². The third-order valence-corrected chi connectivity index (χ3v) is 4.23. The van der Waals surface area contributed by atoms with Crippen LogP contribution in [0.15, 0.2) is 0 Å². The molecule has 0 unspecified atom stereocenters. The molecular formula is C11H24ClNO3S. The Kier molecular flexibility index (Phi) is 8.37. The van der Waals surface area contributed by atoms with Gasteiger partial charge in [0.2, 0.25) is 10.0 Å². The van der Waals surface area contributed by atoms with Crippen LogP contribution in [-0.2, 0) is 14.8 Å². The fraction of sp³-hybridized carbons (Fsp3) is 1.00. The molecule has 0 rings (SSSR count). The molecule has 0 spiro atoms. The van der Waals surface area contributed by atoms with E-state index < -0.39 is 10.0 Å². The molecule has 0 aliphatic carbocycles. The van der Waals surface area contributed by atoms with Crippen molar-refractivity contribution < 1.29 is 13.2 Å². The number of halogens is 1. The molecule has 0 fully saturated rings. The van der Waals surface area contributed by atoms with Crippen LogP contribution < -0.4 is 4.72 Å². The number of hydrogen-bond acceptors (Lipinski definition) is 3. The van der Waals surface area contributed by atoms with Gasteiger partial charge in [-0.25, -0.2) is 13.1 Å². The molecule has 4 nitrogen and oxygen atoms in total. The predicted molar refractivity (Wildman–Crippen MR) is 72.0 cm³/mol. The molecule has 17 heavy (non-hydrogen) atoms. The second-order valence-corrected chi connectivity index (χ2v) is 7.25. The maximum absolute atomic E-state index is 11.6. The Labute approximate surface area is 110 Å². The normalized spacial score (nSPS) is 12.9. The second kappa shape index (κ2) is 8.29. The predicted octanol–water partition coefficient (Wildman–Crippen LogP) is 1.99. The minimum Gasteiger partial charge on any atom is -0.385 e. The van der Waals surface area contributed by atoms with E-state index in [2.05, 4.69) is 4.72 Å². The summed E-state index contributed by atoms with van der Waals surface area (Å²) in [6.07, 6.45) is 2.17.